The zero-order valence-corrected chi connectivity index (χ0v) is 24.9. The maximum Gasteiger partial charge on any atom is 0.322 e. The highest BCUT2D eigenvalue weighted by Gasteiger charge is 2.46. The van der Waals surface area contributed by atoms with Crippen LogP contribution in [0.15, 0.2) is 127 Å². The van der Waals surface area contributed by atoms with Gasteiger partial charge < -0.3 is 25.0 Å². The van der Waals surface area contributed by atoms with Crippen molar-refractivity contribution in [3.63, 3.8) is 0 Å². The van der Waals surface area contributed by atoms with Gasteiger partial charge in [0.05, 0.1) is 30.4 Å². The zero-order valence-electron chi connectivity index (χ0n) is 24.9. The normalized spacial score (nSPS) is 16.6. The van der Waals surface area contributed by atoms with E-state index in [1.807, 2.05) is 115 Å². The number of para-hydroxylation sites is 2. The number of carbonyl (C=O) groups is 3. The van der Waals surface area contributed by atoms with E-state index < -0.39 is 12.1 Å². The molecule has 0 spiro atoms. The highest BCUT2D eigenvalue weighted by atomic mass is 16.5. The molecule has 0 saturated carbocycles. The van der Waals surface area contributed by atoms with E-state index in [9.17, 15) is 14.4 Å². The van der Waals surface area contributed by atoms with E-state index in [0.29, 0.717) is 40.5 Å². The summed E-state index contributed by atoms with van der Waals surface area (Å²) >= 11 is 0. The molecule has 0 bridgehead atoms. The van der Waals surface area contributed by atoms with E-state index in [-0.39, 0.29) is 37.5 Å². The molecule has 4 aromatic carbocycles. The Morgan fingerprint density at radius 2 is 1.51 bits per heavy atom. The highest BCUT2D eigenvalue weighted by molar-refractivity contribution is 6.03. The monoisotopic (exact) mass is 602 g/mol. The van der Waals surface area contributed by atoms with Gasteiger partial charge in [0.1, 0.15) is 29.9 Å². The van der Waals surface area contributed by atoms with Crippen molar-refractivity contribution < 1.29 is 23.9 Å². The minimum absolute atomic E-state index is 0.125. The predicted molar refractivity (Wildman–Crippen MR) is 170 cm³/mol. The van der Waals surface area contributed by atoms with Crippen LogP contribution in [-0.2, 0) is 16.0 Å². The molecule has 9 heteroatoms. The number of amides is 4. The number of likely N-dealkylation sites (N-methyl/N-ethyl adjacent to an activating group) is 1. The Morgan fingerprint density at radius 1 is 0.867 bits per heavy atom. The lowest BCUT2D eigenvalue weighted by Crippen LogP contribution is -2.50. The quantitative estimate of drug-likeness (QED) is 0.234. The van der Waals surface area contributed by atoms with Gasteiger partial charge in [0.2, 0.25) is 5.91 Å². The average molecular weight is 603 g/mol. The molecule has 4 aromatic rings. The van der Waals surface area contributed by atoms with Gasteiger partial charge in [0.15, 0.2) is 0 Å². The molecule has 2 N–H and O–H groups in total. The lowest BCUT2D eigenvalue weighted by molar-refractivity contribution is -0.136. The molecule has 0 radical (unpaired) electrons. The van der Waals surface area contributed by atoms with Crippen molar-refractivity contribution in [2.24, 2.45) is 0 Å². The Morgan fingerprint density at radius 3 is 2.22 bits per heavy atom. The highest BCUT2D eigenvalue weighted by Crippen LogP contribution is 2.38. The third-order valence-corrected chi connectivity index (χ3v) is 7.92. The van der Waals surface area contributed by atoms with Crippen LogP contribution in [-0.4, -0.2) is 60.4 Å². The number of nitrogens with zero attached hydrogens (tertiary/aromatic N) is 2. The summed E-state index contributed by atoms with van der Waals surface area (Å²) in [7, 11) is 1.64. The minimum atomic E-state index is -0.806. The molecular formula is C36H34N4O5. The first-order valence-electron chi connectivity index (χ1n) is 14.9. The fourth-order valence-corrected chi connectivity index (χ4v) is 5.63. The smallest absolute Gasteiger partial charge is 0.322 e. The topological polar surface area (TPSA) is 100 Å². The average Bonchev–Trinajstić information content (AvgIpc) is 3.41. The second-order valence-corrected chi connectivity index (χ2v) is 10.9. The third kappa shape index (κ3) is 6.67. The summed E-state index contributed by atoms with van der Waals surface area (Å²) < 4.78 is 11.8. The van der Waals surface area contributed by atoms with Crippen molar-refractivity contribution in [2.75, 3.05) is 26.7 Å². The molecule has 2 aliphatic rings. The molecular weight excluding hydrogens is 568 g/mol. The molecule has 0 aliphatic carbocycles. The minimum Gasteiger partial charge on any atom is -0.492 e. The Labute approximate surface area is 262 Å². The third-order valence-electron chi connectivity index (χ3n) is 7.92. The standard InChI is InChI=1S/C36H34N4O5/c1-39-31-24-40(30(22-25-12-5-2-6-13-25)34(41)37-20-21-44-27-15-7-3-8-16-27)35(42)32(31)33(38-36(39)43)26-14-11-19-29(23-26)45-28-17-9-4-10-18-28/h2-19,23,30,33H,20-22,24H2,1H3,(H,37,41)(H,38,43)/t30-,33+/m1/s1. The fourth-order valence-electron chi connectivity index (χ4n) is 5.63. The van der Waals surface area contributed by atoms with Crippen LogP contribution in [0.4, 0.5) is 4.79 Å². The van der Waals surface area contributed by atoms with Gasteiger partial charge in [-0.15, -0.1) is 0 Å². The van der Waals surface area contributed by atoms with E-state index in [1.54, 1.807) is 11.9 Å². The summed E-state index contributed by atoms with van der Waals surface area (Å²) in [6.45, 7) is 0.673. The second-order valence-electron chi connectivity index (χ2n) is 10.9. The summed E-state index contributed by atoms with van der Waals surface area (Å²) in [6.07, 6.45) is 0.314. The molecule has 45 heavy (non-hydrogen) atoms. The SMILES string of the molecule is CN1C(=O)N[C@@H](c2cccc(Oc3ccccc3)c2)C2=C1CN([C@H](Cc1ccccc1)C(=O)NCCOc1ccccc1)C2=O. The lowest BCUT2D eigenvalue weighted by Gasteiger charge is -2.31. The Bertz CT molecular complexity index is 1690. The molecule has 0 saturated heterocycles. The molecule has 2 aliphatic heterocycles. The van der Waals surface area contributed by atoms with Crippen molar-refractivity contribution in [1.29, 1.82) is 0 Å². The molecule has 0 aromatic heterocycles. The van der Waals surface area contributed by atoms with E-state index in [4.69, 9.17) is 9.47 Å². The number of ether oxygens (including phenoxy) is 2. The second kappa shape index (κ2) is 13.4. The molecule has 228 valence electrons. The Kier molecular flexibility index (Phi) is 8.77. The van der Waals surface area contributed by atoms with Crippen LogP contribution in [0.1, 0.15) is 17.2 Å². The van der Waals surface area contributed by atoms with E-state index in [2.05, 4.69) is 10.6 Å². The van der Waals surface area contributed by atoms with Gasteiger partial charge in [-0.05, 0) is 47.5 Å². The van der Waals surface area contributed by atoms with Crippen molar-refractivity contribution in [3.05, 3.63) is 138 Å². The maximum absolute atomic E-state index is 14.3. The number of hydrogen-bond donors (Lipinski definition) is 2. The zero-order chi connectivity index (χ0) is 31.2. The maximum atomic E-state index is 14.3. The molecule has 0 fully saturated rings. The Hall–Kier alpha value is -5.57. The van der Waals surface area contributed by atoms with Gasteiger partial charge in [-0.2, -0.15) is 0 Å². The largest absolute Gasteiger partial charge is 0.492 e. The number of carbonyl (C=O) groups excluding carboxylic acids is 3. The molecule has 2 heterocycles. The molecule has 6 rings (SSSR count). The van der Waals surface area contributed by atoms with Gasteiger partial charge in [-0.3, -0.25) is 14.5 Å². The van der Waals surface area contributed by atoms with Gasteiger partial charge in [-0.1, -0.05) is 78.9 Å². The first-order valence-corrected chi connectivity index (χ1v) is 14.9. The van der Waals surface area contributed by atoms with Crippen LogP contribution in [0.5, 0.6) is 17.2 Å². The molecule has 2 atom stereocenters. The van der Waals surface area contributed by atoms with Crippen molar-refractivity contribution in [3.8, 4) is 17.2 Å². The number of urea groups is 1. The van der Waals surface area contributed by atoms with Gasteiger partial charge in [0, 0.05) is 13.5 Å². The summed E-state index contributed by atoms with van der Waals surface area (Å²) in [5.41, 5.74) is 2.63. The summed E-state index contributed by atoms with van der Waals surface area (Å²) in [4.78, 5) is 44.1. The number of rotatable bonds is 11. The van der Waals surface area contributed by atoms with Crippen LogP contribution in [0.3, 0.4) is 0 Å². The number of hydrogen-bond acceptors (Lipinski definition) is 5. The van der Waals surface area contributed by atoms with E-state index in [0.717, 1.165) is 5.56 Å². The van der Waals surface area contributed by atoms with E-state index in [1.165, 1.54) is 4.90 Å². The fraction of sp³-hybridized carbons (Fsp3) is 0.194. The van der Waals surface area contributed by atoms with Gasteiger partial charge in [0.25, 0.3) is 5.91 Å². The van der Waals surface area contributed by atoms with Gasteiger partial charge >= 0.3 is 6.03 Å². The van der Waals surface area contributed by atoms with Crippen LogP contribution in [0.25, 0.3) is 0 Å². The summed E-state index contributed by atoms with van der Waals surface area (Å²) in [5, 5.41) is 5.94. The van der Waals surface area contributed by atoms with Crippen LogP contribution < -0.4 is 20.1 Å². The van der Waals surface area contributed by atoms with Gasteiger partial charge in [-0.25, -0.2) is 4.79 Å². The summed E-state index contributed by atoms with van der Waals surface area (Å²) in [5.74, 6) is 1.38. The van der Waals surface area contributed by atoms with Crippen molar-refractivity contribution in [2.45, 2.75) is 18.5 Å². The molecule has 4 amide bonds. The van der Waals surface area contributed by atoms with Crippen LogP contribution >= 0.6 is 0 Å². The number of nitrogens with one attached hydrogen (secondary N) is 2. The lowest BCUT2D eigenvalue weighted by atomic mass is 9.95. The predicted octanol–water partition coefficient (Wildman–Crippen LogP) is 5.08. The first-order chi connectivity index (χ1) is 22.0. The molecule has 0 unspecified atom stereocenters. The van der Waals surface area contributed by atoms with Crippen molar-refractivity contribution >= 4 is 17.8 Å². The molecule has 9 nitrogen and oxygen atoms in total. The van der Waals surface area contributed by atoms with Crippen LogP contribution in [0.2, 0.25) is 0 Å². The summed E-state index contributed by atoms with van der Waals surface area (Å²) in [6, 6.07) is 33.9. The van der Waals surface area contributed by atoms with Crippen LogP contribution in [0, 0.1) is 0 Å². The van der Waals surface area contributed by atoms with E-state index >= 15 is 0 Å². The van der Waals surface area contributed by atoms with Crippen molar-refractivity contribution in [1.82, 2.24) is 20.4 Å². The number of benzene rings is 4. The first kappa shape index (κ1) is 29.5. The Balaban J connectivity index is 1.24.